The zero-order valence-electron chi connectivity index (χ0n) is 9.88. The molecule has 3 nitrogen and oxygen atoms in total. The van der Waals surface area contributed by atoms with Crippen LogP contribution in [0.1, 0.15) is 10.4 Å². The molecule has 0 fully saturated rings. The number of amides is 1. The van der Waals surface area contributed by atoms with Crippen molar-refractivity contribution in [3.8, 4) is 0 Å². The molecule has 7 heteroatoms. The summed E-state index contributed by atoms with van der Waals surface area (Å²) in [5.41, 5.74) is 4.34. The number of benzene rings is 2. The molecular formula is C13H8BrF3N2O. The zero-order chi connectivity index (χ0) is 14.9. The van der Waals surface area contributed by atoms with Crippen LogP contribution in [0.3, 0.4) is 0 Å². The van der Waals surface area contributed by atoms with Crippen molar-refractivity contribution in [3.05, 3.63) is 57.8 Å². The average Bonchev–Trinajstić information content (AvgIpc) is 2.39. The van der Waals surface area contributed by atoms with E-state index in [0.717, 1.165) is 18.2 Å². The Morgan fingerprint density at radius 2 is 1.70 bits per heavy atom. The summed E-state index contributed by atoms with van der Waals surface area (Å²) in [4.78, 5) is 11.9. The van der Waals surface area contributed by atoms with E-state index in [1.807, 2.05) is 0 Å². The van der Waals surface area contributed by atoms with Crippen molar-refractivity contribution in [2.75, 3.05) is 11.1 Å². The molecule has 0 saturated carbocycles. The van der Waals surface area contributed by atoms with Crippen molar-refractivity contribution in [1.82, 2.24) is 0 Å². The summed E-state index contributed by atoms with van der Waals surface area (Å²) in [5, 5.41) is 2.34. The maximum atomic E-state index is 13.3. The maximum Gasteiger partial charge on any atom is 0.255 e. The van der Waals surface area contributed by atoms with Gasteiger partial charge in [0.15, 0.2) is 0 Å². The minimum atomic E-state index is -1.03. The molecule has 0 atom stereocenters. The monoisotopic (exact) mass is 344 g/mol. The first-order valence-corrected chi connectivity index (χ1v) is 6.18. The number of nitrogens with one attached hydrogen (secondary N) is 1. The second kappa shape index (κ2) is 5.54. The van der Waals surface area contributed by atoms with Crippen molar-refractivity contribution in [2.45, 2.75) is 0 Å². The SMILES string of the molecule is Nc1c(F)cc(C(=O)Nc2cc(F)ccc2Br)cc1F. The number of nitrogen functional groups attached to an aromatic ring is 1. The Morgan fingerprint density at radius 1 is 1.10 bits per heavy atom. The van der Waals surface area contributed by atoms with Gasteiger partial charge in [-0.3, -0.25) is 4.79 Å². The molecule has 2 aromatic carbocycles. The lowest BCUT2D eigenvalue weighted by molar-refractivity contribution is 0.102. The van der Waals surface area contributed by atoms with Gasteiger partial charge in [0.05, 0.1) is 5.69 Å². The fourth-order valence-electron chi connectivity index (χ4n) is 1.50. The lowest BCUT2D eigenvalue weighted by atomic mass is 10.1. The number of rotatable bonds is 2. The topological polar surface area (TPSA) is 55.1 Å². The molecule has 0 saturated heterocycles. The number of carbonyl (C=O) groups excluding carboxylic acids is 1. The fraction of sp³-hybridized carbons (Fsp3) is 0. The van der Waals surface area contributed by atoms with Crippen LogP contribution in [0.25, 0.3) is 0 Å². The zero-order valence-corrected chi connectivity index (χ0v) is 11.5. The summed E-state index contributed by atoms with van der Waals surface area (Å²) in [7, 11) is 0. The van der Waals surface area contributed by atoms with Crippen LogP contribution >= 0.6 is 15.9 Å². The van der Waals surface area contributed by atoms with Gasteiger partial charge < -0.3 is 11.1 Å². The van der Waals surface area contributed by atoms with Crippen molar-refractivity contribution >= 4 is 33.2 Å². The molecule has 0 aliphatic heterocycles. The Balaban J connectivity index is 2.31. The standard InChI is InChI=1S/C13H8BrF3N2O/c14-8-2-1-7(15)5-11(8)19-13(20)6-3-9(16)12(18)10(17)4-6/h1-5H,18H2,(H,19,20). The van der Waals surface area contributed by atoms with E-state index < -0.39 is 29.0 Å². The number of halogens is 4. The van der Waals surface area contributed by atoms with Gasteiger partial charge in [-0.05, 0) is 46.3 Å². The minimum Gasteiger partial charge on any atom is -0.394 e. The summed E-state index contributed by atoms with van der Waals surface area (Å²) < 4.78 is 40.0. The summed E-state index contributed by atoms with van der Waals surface area (Å²) in [6.07, 6.45) is 0. The summed E-state index contributed by atoms with van der Waals surface area (Å²) in [6.45, 7) is 0. The number of carbonyl (C=O) groups is 1. The summed E-state index contributed by atoms with van der Waals surface area (Å²) in [5.74, 6) is -3.41. The first-order chi connectivity index (χ1) is 9.38. The highest BCUT2D eigenvalue weighted by Gasteiger charge is 2.14. The maximum absolute atomic E-state index is 13.3. The van der Waals surface area contributed by atoms with E-state index in [0.29, 0.717) is 4.47 Å². The molecule has 0 heterocycles. The van der Waals surface area contributed by atoms with E-state index in [1.54, 1.807) is 0 Å². The summed E-state index contributed by atoms with van der Waals surface area (Å²) >= 11 is 3.12. The van der Waals surface area contributed by atoms with Crippen molar-refractivity contribution < 1.29 is 18.0 Å². The molecule has 3 N–H and O–H groups in total. The Kier molecular flexibility index (Phi) is 3.99. The Labute approximate surface area is 120 Å². The molecule has 0 bridgehead atoms. The number of hydrogen-bond donors (Lipinski definition) is 2. The van der Waals surface area contributed by atoms with Crippen LogP contribution in [0.4, 0.5) is 24.5 Å². The van der Waals surface area contributed by atoms with Crippen LogP contribution in [0, 0.1) is 17.5 Å². The van der Waals surface area contributed by atoms with E-state index in [9.17, 15) is 18.0 Å². The van der Waals surface area contributed by atoms with Crippen LogP contribution < -0.4 is 11.1 Å². The molecular weight excluding hydrogens is 337 g/mol. The molecule has 0 aliphatic rings. The van der Waals surface area contributed by atoms with Gasteiger partial charge in [-0.15, -0.1) is 0 Å². The van der Waals surface area contributed by atoms with E-state index >= 15 is 0 Å². The lowest BCUT2D eigenvalue weighted by Crippen LogP contribution is -2.14. The number of nitrogens with two attached hydrogens (primary N) is 1. The summed E-state index contributed by atoms with van der Waals surface area (Å²) in [6, 6.07) is 5.28. The van der Waals surface area contributed by atoms with Crippen molar-refractivity contribution in [3.63, 3.8) is 0 Å². The quantitative estimate of drug-likeness (QED) is 0.816. The molecule has 0 aromatic heterocycles. The van der Waals surface area contributed by atoms with Crippen molar-refractivity contribution in [1.29, 1.82) is 0 Å². The molecule has 2 rings (SSSR count). The third kappa shape index (κ3) is 2.93. The third-order valence-corrected chi connectivity index (χ3v) is 3.21. The molecule has 1 amide bonds. The van der Waals surface area contributed by atoms with Crippen LogP contribution in [0.5, 0.6) is 0 Å². The molecule has 0 unspecified atom stereocenters. The highest BCUT2D eigenvalue weighted by Crippen LogP contribution is 2.24. The second-order valence-electron chi connectivity index (χ2n) is 3.93. The van der Waals surface area contributed by atoms with E-state index in [2.05, 4.69) is 21.2 Å². The van der Waals surface area contributed by atoms with Gasteiger partial charge >= 0.3 is 0 Å². The first kappa shape index (κ1) is 14.4. The van der Waals surface area contributed by atoms with Gasteiger partial charge in [-0.2, -0.15) is 0 Å². The van der Waals surface area contributed by atoms with Crippen LogP contribution in [0.15, 0.2) is 34.8 Å². The molecule has 20 heavy (non-hydrogen) atoms. The molecule has 0 aliphatic carbocycles. The van der Waals surface area contributed by atoms with Crippen molar-refractivity contribution in [2.24, 2.45) is 0 Å². The lowest BCUT2D eigenvalue weighted by Gasteiger charge is -2.08. The third-order valence-electron chi connectivity index (χ3n) is 2.52. The average molecular weight is 345 g/mol. The van der Waals surface area contributed by atoms with Gasteiger partial charge in [0.25, 0.3) is 5.91 Å². The highest BCUT2D eigenvalue weighted by atomic mass is 79.9. The predicted molar refractivity (Wildman–Crippen MR) is 72.8 cm³/mol. The smallest absolute Gasteiger partial charge is 0.255 e. The second-order valence-corrected chi connectivity index (χ2v) is 4.79. The fourth-order valence-corrected chi connectivity index (χ4v) is 1.85. The Hall–Kier alpha value is -2.02. The van der Waals surface area contributed by atoms with E-state index in [4.69, 9.17) is 5.73 Å². The largest absolute Gasteiger partial charge is 0.394 e. The Morgan fingerprint density at radius 3 is 2.30 bits per heavy atom. The van der Waals surface area contributed by atoms with Crippen LogP contribution in [0.2, 0.25) is 0 Å². The molecule has 104 valence electrons. The van der Waals surface area contributed by atoms with Crippen LogP contribution in [-0.4, -0.2) is 5.91 Å². The predicted octanol–water partition coefficient (Wildman–Crippen LogP) is 3.70. The van der Waals surface area contributed by atoms with Crippen LogP contribution in [-0.2, 0) is 0 Å². The number of hydrogen-bond acceptors (Lipinski definition) is 2. The van der Waals surface area contributed by atoms with E-state index in [-0.39, 0.29) is 11.3 Å². The molecule has 0 radical (unpaired) electrons. The molecule has 2 aromatic rings. The highest BCUT2D eigenvalue weighted by molar-refractivity contribution is 9.10. The molecule has 0 spiro atoms. The van der Waals surface area contributed by atoms with Gasteiger partial charge in [0.2, 0.25) is 0 Å². The van der Waals surface area contributed by atoms with Gasteiger partial charge in [0, 0.05) is 10.0 Å². The first-order valence-electron chi connectivity index (χ1n) is 5.39. The van der Waals surface area contributed by atoms with Gasteiger partial charge in [-0.25, -0.2) is 13.2 Å². The minimum absolute atomic E-state index is 0.146. The number of anilines is 2. The van der Waals surface area contributed by atoms with Gasteiger partial charge in [0.1, 0.15) is 23.1 Å². The normalized spacial score (nSPS) is 10.4. The van der Waals surface area contributed by atoms with E-state index in [1.165, 1.54) is 12.1 Å². The van der Waals surface area contributed by atoms with Gasteiger partial charge in [-0.1, -0.05) is 0 Å². The Bertz CT molecular complexity index is 668.